The number of hydrogen-bond donors (Lipinski definition) is 0. The van der Waals surface area contributed by atoms with Gasteiger partial charge in [-0.1, -0.05) is 15.9 Å². The lowest BCUT2D eigenvalue weighted by molar-refractivity contribution is 0.630. The molecule has 2 heterocycles. The lowest BCUT2D eigenvalue weighted by atomic mass is 10.4. The van der Waals surface area contributed by atoms with Crippen LogP contribution in [-0.2, 0) is 5.33 Å². The van der Waals surface area contributed by atoms with Crippen molar-refractivity contribution in [3.05, 3.63) is 36.0 Å². The first-order chi connectivity index (χ1) is 5.81. The Hall–Kier alpha value is -0.900. The van der Waals surface area contributed by atoms with Crippen LogP contribution in [0.1, 0.15) is 5.69 Å². The van der Waals surface area contributed by atoms with Crippen LogP contribution in [0, 0.1) is 5.82 Å². The fourth-order valence-electron chi connectivity index (χ4n) is 1.09. The second kappa shape index (κ2) is 2.86. The van der Waals surface area contributed by atoms with Crippen molar-refractivity contribution < 1.29 is 4.39 Å². The fraction of sp³-hybridized carbons (Fsp3) is 0.125. The molecule has 0 spiro atoms. The van der Waals surface area contributed by atoms with Crippen molar-refractivity contribution in [3.63, 3.8) is 0 Å². The Labute approximate surface area is 77.2 Å². The highest BCUT2D eigenvalue weighted by atomic mass is 79.9. The Morgan fingerprint density at radius 1 is 1.58 bits per heavy atom. The fourth-order valence-corrected chi connectivity index (χ4v) is 1.36. The van der Waals surface area contributed by atoms with Crippen molar-refractivity contribution in [3.8, 4) is 0 Å². The average molecular weight is 229 g/mol. The Balaban J connectivity index is 2.74. The maximum absolute atomic E-state index is 13.0. The number of imidazole rings is 1. The lowest BCUT2D eigenvalue weighted by Crippen LogP contribution is -1.84. The quantitative estimate of drug-likeness (QED) is 0.686. The number of halogens is 2. The van der Waals surface area contributed by atoms with Crippen molar-refractivity contribution >= 4 is 21.6 Å². The van der Waals surface area contributed by atoms with E-state index in [1.807, 2.05) is 0 Å². The molecular weight excluding hydrogens is 223 g/mol. The summed E-state index contributed by atoms with van der Waals surface area (Å²) in [4.78, 5) is 4.07. The number of nitrogens with zero attached hydrogens (tertiary/aromatic N) is 2. The third-order valence-electron chi connectivity index (χ3n) is 1.62. The molecule has 0 saturated heterocycles. The lowest BCUT2D eigenvalue weighted by Gasteiger charge is -1.90. The summed E-state index contributed by atoms with van der Waals surface area (Å²) in [6.07, 6.45) is 3.57. The van der Waals surface area contributed by atoms with E-state index in [0.29, 0.717) is 11.0 Å². The van der Waals surface area contributed by atoms with Gasteiger partial charge in [-0.25, -0.2) is 9.37 Å². The summed E-state index contributed by atoms with van der Waals surface area (Å²) in [5, 5.41) is 0.647. The molecule has 0 amide bonds. The predicted octanol–water partition coefficient (Wildman–Crippen LogP) is 2.37. The molecule has 0 fully saturated rings. The summed E-state index contributed by atoms with van der Waals surface area (Å²) in [5.74, 6) is -0.287. The van der Waals surface area contributed by atoms with E-state index in [2.05, 4.69) is 20.9 Å². The Kier molecular flexibility index (Phi) is 1.84. The van der Waals surface area contributed by atoms with E-state index < -0.39 is 0 Å². The van der Waals surface area contributed by atoms with E-state index in [4.69, 9.17) is 0 Å². The molecule has 4 heteroatoms. The molecule has 0 atom stereocenters. The zero-order chi connectivity index (χ0) is 8.55. The standard InChI is InChI=1S/C8H6BrFN2/c9-4-6-5-12-3-1-2-7(10)8(12)11-6/h1-3,5H,4H2. The number of aromatic nitrogens is 2. The van der Waals surface area contributed by atoms with Crippen LogP contribution in [0.5, 0.6) is 0 Å². The Bertz CT molecular complexity index is 410. The van der Waals surface area contributed by atoms with Crippen LogP contribution in [0.15, 0.2) is 24.5 Å². The van der Waals surface area contributed by atoms with Crippen LogP contribution in [0.2, 0.25) is 0 Å². The van der Waals surface area contributed by atoms with Gasteiger partial charge in [0.1, 0.15) is 0 Å². The number of fused-ring (bicyclic) bond motifs is 1. The minimum Gasteiger partial charge on any atom is -0.304 e. The van der Waals surface area contributed by atoms with Crippen LogP contribution >= 0.6 is 15.9 Å². The molecule has 0 aliphatic rings. The molecule has 2 aromatic rings. The summed E-state index contributed by atoms with van der Waals surface area (Å²) in [5.41, 5.74) is 1.21. The zero-order valence-corrected chi connectivity index (χ0v) is 7.75. The van der Waals surface area contributed by atoms with E-state index >= 15 is 0 Å². The normalized spacial score (nSPS) is 10.8. The molecule has 2 aromatic heterocycles. The summed E-state index contributed by atoms with van der Waals surface area (Å²) in [7, 11) is 0. The third-order valence-corrected chi connectivity index (χ3v) is 2.20. The summed E-state index contributed by atoms with van der Waals surface area (Å²) < 4.78 is 14.7. The van der Waals surface area contributed by atoms with E-state index in [1.54, 1.807) is 22.9 Å². The monoisotopic (exact) mass is 228 g/mol. The minimum absolute atomic E-state index is 0.287. The maximum Gasteiger partial charge on any atom is 0.173 e. The van der Waals surface area contributed by atoms with Crippen LogP contribution in [-0.4, -0.2) is 9.38 Å². The molecule has 12 heavy (non-hydrogen) atoms. The number of rotatable bonds is 1. The molecular formula is C8H6BrFN2. The highest BCUT2D eigenvalue weighted by Gasteiger charge is 2.03. The molecule has 2 nitrogen and oxygen atoms in total. The van der Waals surface area contributed by atoms with E-state index in [1.165, 1.54) is 6.07 Å². The highest BCUT2D eigenvalue weighted by molar-refractivity contribution is 9.08. The summed E-state index contributed by atoms with van der Waals surface area (Å²) in [6.45, 7) is 0. The van der Waals surface area contributed by atoms with E-state index in [9.17, 15) is 4.39 Å². The van der Waals surface area contributed by atoms with Gasteiger partial charge in [-0.05, 0) is 12.1 Å². The van der Waals surface area contributed by atoms with Crippen molar-refractivity contribution in [2.75, 3.05) is 0 Å². The maximum atomic E-state index is 13.0. The highest BCUT2D eigenvalue weighted by Crippen LogP contribution is 2.10. The van der Waals surface area contributed by atoms with Gasteiger partial charge in [0.05, 0.1) is 5.69 Å². The SMILES string of the molecule is Fc1cccn2cc(CBr)nc12. The molecule has 0 unspecified atom stereocenters. The van der Waals surface area contributed by atoms with E-state index in [-0.39, 0.29) is 5.82 Å². The molecule has 62 valence electrons. The first-order valence-corrected chi connectivity index (χ1v) is 4.61. The summed E-state index contributed by atoms with van der Waals surface area (Å²) >= 11 is 3.26. The van der Waals surface area contributed by atoms with Gasteiger partial charge in [0.15, 0.2) is 11.5 Å². The molecule has 0 aromatic carbocycles. The molecule has 0 saturated carbocycles. The number of alkyl halides is 1. The van der Waals surface area contributed by atoms with Gasteiger partial charge < -0.3 is 4.40 Å². The molecule has 2 rings (SSSR count). The molecule has 0 N–H and O–H groups in total. The van der Waals surface area contributed by atoms with E-state index in [0.717, 1.165) is 5.69 Å². The first kappa shape index (κ1) is 7.73. The number of pyridine rings is 1. The van der Waals surface area contributed by atoms with Crippen molar-refractivity contribution in [2.24, 2.45) is 0 Å². The Morgan fingerprint density at radius 2 is 2.42 bits per heavy atom. The van der Waals surface area contributed by atoms with Gasteiger partial charge in [0, 0.05) is 17.7 Å². The van der Waals surface area contributed by atoms with Crippen LogP contribution in [0.4, 0.5) is 4.39 Å². The van der Waals surface area contributed by atoms with Gasteiger partial charge in [-0.15, -0.1) is 0 Å². The van der Waals surface area contributed by atoms with Gasteiger partial charge >= 0.3 is 0 Å². The zero-order valence-electron chi connectivity index (χ0n) is 6.17. The smallest absolute Gasteiger partial charge is 0.173 e. The predicted molar refractivity (Wildman–Crippen MR) is 47.8 cm³/mol. The van der Waals surface area contributed by atoms with Crippen molar-refractivity contribution in [1.29, 1.82) is 0 Å². The minimum atomic E-state index is -0.287. The second-order valence-corrected chi connectivity index (χ2v) is 3.01. The second-order valence-electron chi connectivity index (χ2n) is 2.45. The van der Waals surface area contributed by atoms with Crippen LogP contribution in [0.3, 0.4) is 0 Å². The third kappa shape index (κ3) is 1.12. The molecule has 0 bridgehead atoms. The van der Waals surface area contributed by atoms with Gasteiger partial charge in [0.25, 0.3) is 0 Å². The van der Waals surface area contributed by atoms with Gasteiger partial charge in [0.2, 0.25) is 0 Å². The summed E-state index contributed by atoms with van der Waals surface area (Å²) in [6, 6.07) is 3.06. The molecule has 0 aliphatic heterocycles. The van der Waals surface area contributed by atoms with Crippen molar-refractivity contribution in [1.82, 2.24) is 9.38 Å². The average Bonchev–Trinajstić information content (AvgIpc) is 2.49. The van der Waals surface area contributed by atoms with Crippen LogP contribution < -0.4 is 0 Å². The van der Waals surface area contributed by atoms with Gasteiger partial charge in [-0.3, -0.25) is 0 Å². The first-order valence-electron chi connectivity index (χ1n) is 3.49. The largest absolute Gasteiger partial charge is 0.304 e. The number of hydrogen-bond acceptors (Lipinski definition) is 1. The van der Waals surface area contributed by atoms with Crippen LogP contribution in [0.25, 0.3) is 5.65 Å². The topological polar surface area (TPSA) is 17.3 Å². The van der Waals surface area contributed by atoms with Crippen molar-refractivity contribution in [2.45, 2.75) is 5.33 Å². The Morgan fingerprint density at radius 3 is 3.08 bits per heavy atom. The molecule has 0 aliphatic carbocycles. The molecule has 0 radical (unpaired) electrons. The van der Waals surface area contributed by atoms with Gasteiger partial charge in [-0.2, -0.15) is 0 Å².